The number of benzene rings is 1. The first-order valence-electron chi connectivity index (χ1n) is 7.21. The summed E-state index contributed by atoms with van der Waals surface area (Å²) in [4.78, 5) is 20.1. The minimum atomic E-state index is -0.211. The summed E-state index contributed by atoms with van der Waals surface area (Å²) in [6.45, 7) is 1.95. The molecule has 3 aromatic heterocycles. The third-order valence-electron chi connectivity index (χ3n) is 4.12. The number of hydrogen-bond donors (Lipinski definition) is 1. The van der Waals surface area contributed by atoms with Crippen LogP contribution in [0.4, 0.5) is 0 Å². The van der Waals surface area contributed by atoms with E-state index in [2.05, 4.69) is 15.1 Å². The van der Waals surface area contributed by atoms with Gasteiger partial charge in [-0.2, -0.15) is 5.10 Å². The highest BCUT2D eigenvalue weighted by molar-refractivity contribution is 6.31. The Balaban J connectivity index is 2.17. The lowest BCUT2D eigenvalue weighted by Gasteiger charge is -2.17. The highest BCUT2D eigenvalue weighted by Crippen LogP contribution is 2.28. The Morgan fingerprint density at radius 2 is 2.13 bits per heavy atom. The molecule has 23 heavy (non-hydrogen) atoms. The van der Waals surface area contributed by atoms with Crippen LogP contribution in [-0.4, -0.2) is 24.3 Å². The first kappa shape index (κ1) is 14.0. The highest BCUT2D eigenvalue weighted by Gasteiger charge is 2.19. The quantitative estimate of drug-likeness (QED) is 0.615. The number of imidazole rings is 1. The Hall–Kier alpha value is -2.60. The SMILES string of the molecule is C[C@H](c1cnc[nH]1)n1c(=O)c2nn(C)cc2c2ccc(Cl)cc21. The van der Waals surface area contributed by atoms with Gasteiger partial charge >= 0.3 is 0 Å². The van der Waals surface area contributed by atoms with Crippen LogP contribution in [0.1, 0.15) is 18.7 Å². The molecule has 3 heterocycles. The standard InChI is InChI=1S/C16H14ClN5O/c1-9(13-6-18-8-19-13)22-14-5-10(17)3-4-11(14)12-7-21(2)20-15(12)16(22)23/h3-9H,1-2H3,(H,18,19)/t9-/m1/s1. The number of nitrogens with zero attached hydrogens (tertiary/aromatic N) is 4. The van der Waals surface area contributed by atoms with Crippen LogP contribution >= 0.6 is 11.6 Å². The molecule has 0 aliphatic heterocycles. The molecule has 6 nitrogen and oxygen atoms in total. The molecule has 0 spiro atoms. The Kier molecular flexibility index (Phi) is 3.02. The van der Waals surface area contributed by atoms with E-state index in [1.54, 1.807) is 21.8 Å². The third-order valence-corrected chi connectivity index (χ3v) is 4.35. The smallest absolute Gasteiger partial charge is 0.280 e. The molecule has 1 aromatic carbocycles. The Morgan fingerprint density at radius 3 is 2.87 bits per heavy atom. The summed E-state index contributed by atoms with van der Waals surface area (Å²) in [6.07, 6.45) is 5.18. The predicted octanol–water partition coefficient (Wildman–Crippen LogP) is 2.87. The maximum absolute atomic E-state index is 13.0. The van der Waals surface area contributed by atoms with Gasteiger partial charge in [0.25, 0.3) is 5.56 Å². The molecular formula is C16H14ClN5O. The number of aromatic nitrogens is 5. The Morgan fingerprint density at radius 1 is 1.30 bits per heavy atom. The molecule has 0 aliphatic rings. The molecular weight excluding hydrogens is 314 g/mol. The third kappa shape index (κ3) is 2.06. The monoisotopic (exact) mass is 327 g/mol. The van der Waals surface area contributed by atoms with E-state index in [1.165, 1.54) is 0 Å². The molecule has 4 aromatic rings. The molecule has 0 radical (unpaired) electrons. The minimum absolute atomic E-state index is 0.141. The number of aryl methyl sites for hydroxylation is 1. The second-order valence-corrected chi connectivity index (χ2v) is 6.02. The maximum atomic E-state index is 13.0. The van der Waals surface area contributed by atoms with Crippen molar-refractivity contribution in [2.75, 3.05) is 0 Å². The van der Waals surface area contributed by atoms with Crippen molar-refractivity contribution in [3.8, 4) is 0 Å². The first-order valence-corrected chi connectivity index (χ1v) is 7.59. The lowest BCUT2D eigenvalue weighted by molar-refractivity contribution is 0.626. The van der Waals surface area contributed by atoms with E-state index in [0.29, 0.717) is 10.5 Å². The van der Waals surface area contributed by atoms with Crippen LogP contribution in [0.15, 0.2) is 41.7 Å². The number of H-pyrrole nitrogens is 1. The molecule has 1 N–H and O–H groups in total. The molecule has 0 bridgehead atoms. The molecule has 4 rings (SSSR count). The molecule has 116 valence electrons. The van der Waals surface area contributed by atoms with Crippen LogP contribution < -0.4 is 5.56 Å². The molecule has 0 aliphatic carbocycles. The fourth-order valence-corrected chi connectivity index (χ4v) is 3.18. The van der Waals surface area contributed by atoms with Gasteiger partial charge in [0.2, 0.25) is 0 Å². The fourth-order valence-electron chi connectivity index (χ4n) is 3.02. The lowest BCUT2D eigenvalue weighted by Crippen LogP contribution is -2.25. The Labute approximate surface area is 136 Å². The van der Waals surface area contributed by atoms with Gasteiger partial charge in [0.15, 0.2) is 5.52 Å². The van der Waals surface area contributed by atoms with E-state index in [1.807, 2.05) is 38.4 Å². The van der Waals surface area contributed by atoms with Crippen LogP contribution in [0.2, 0.25) is 5.02 Å². The number of nitrogens with one attached hydrogen (secondary N) is 1. The predicted molar refractivity (Wildman–Crippen MR) is 89.9 cm³/mol. The molecule has 1 atom stereocenters. The minimum Gasteiger partial charge on any atom is -0.347 e. The van der Waals surface area contributed by atoms with Gasteiger partial charge in [0.1, 0.15) is 0 Å². The van der Waals surface area contributed by atoms with Crippen molar-refractivity contribution in [1.29, 1.82) is 0 Å². The van der Waals surface area contributed by atoms with Crippen molar-refractivity contribution >= 4 is 33.4 Å². The van der Waals surface area contributed by atoms with Gasteiger partial charge < -0.3 is 4.98 Å². The lowest BCUT2D eigenvalue weighted by atomic mass is 10.1. The van der Waals surface area contributed by atoms with Crippen molar-refractivity contribution in [2.45, 2.75) is 13.0 Å². The average molecular weight is 328 g/mol. The summed E-state index contributed by atoms with van der Waals surface area (Å²) in [7, 11) is 1.81. The summed E-state index contributed by atoms with van der Waals surface area (Å²) >= 11 is 6.17. The topological polar surface area (TPSA) is 68.5 Å². The summed E-state index contributed by atoms with van der Waals surface area (Å²) in [5, 5.41) is 6.70. The second-order valence-electron chi connectivity index (χ2n) is 5.58. The number of rotatable bonds is 2. The van der Waals surface area contributed by atoms with Gasteiger partial charge in [0.05, 0.1) is 29.8 Å². The summed E-state index contributed by atoms with van der Waals surface area (Å²) in [5.74, 6) is 0. The number of pyridine rings is 1. The zero-order valence-electron chi connectivity index (χ0n) is 12.6. The summed E-state index contributed by atoms with van der Waals surface area (Å²) in [5.41, 5.74) is 1.94. The van der Waals surface area contributed by atoms with E-state index in [4.69, 9.17) is 11.6 Å². The highest BCUT2D eigenvalue weighted by atomic mass is 35.5. The van der Waals surface area contributed by atoms with Gasteiger partial charge in [-0.15, -0.1) is 0 Å². The van der Waals surface area contributed by atoms with Crippen molar-refractivity contribution in [3.05, 3.63) is 58.0 Å². The second kappa shape index (κ2) is 4.96. The molecule has 0 unspecified atom stereocenters. The molecule has 0 saturated heterocycles. The number of fused-ring (bicyclic) bond motifs is 3. The van der Waals surface area contributed by atoms with Crippen molar-refractivity contribution in [3.63, 3.8) is 0 Å². The molecule has 0 saturated carbocycles. The van der Waals surface area contributed by atoms with Gasteiger partial charge in [-0.3, -0.25) is 14.0 Å². The van der Waals surface area contributed by atoms with E-state index >= 15 is 0 Å². The molecule has 7 heteroatoms. The number of hydrogen-bond acceptors (Lipinski definition) is 3. The first-order chi connectivity index (χ1) is 11.1. The van der Waals surface area contributed by atoms with E-state index in [9.17, 15) is 4.79 Å². The maximum Gasteiger partial charge on any atom is 0.280 e. The van der Waals surface area contributed by atoms with Gasteiger partial charge in [-0.25, -0.2) is 4.98 Å². The van der Waals surface area contributed by atoms with Crippen molar-refractivity contribution < 1.29 is 0 Å². The van der Waals surface area contributed by atoms with Crippen LogP contribution in [0.3, 0.4) is 0 Å². The fraction of sp³-hybridized carbons (Fsp3) is 0.188. The van der Waals surface area contributed by atoms with Crippen molar-refractivity contribution in [2.24, 2.45) is 7.05 Å². The van der Waals surface area contributed by atoms with E-state index in [-0.39, 0.29) is 11.6 Å². The molecule has 0 amide bonds. The van der Waals surface area contributed by atoms with Gasteiger partial charge in [-0.1, -0.05) is 17.7 Å². The number of aromatic amines is 1. The number of halogens is 1. The summed E-state index contributed by atoms with van der Waals surface area (Å²) in [6, 6.07) is 5.36. The van der Waals surface area contributed by atoms with E-state index < -0.39 is 0 Å². The van der Waals surface area contributed by atoms with E-state index in [0.717, 1.165) is 22.0 Å². The van der Waals surface area contributed by atoms with Gasteiger partial charge in [0, 0.05) is 29.0 Å². The largest absolute Gasteiger partial charge is 0.347 e. The summed E-state index contributed by atoms with van der Waals surface area (Å²) < 4.78 is 3.37. The van der Waals surface area contributed by atoms with Crippen LogP contribution in [0.5, 0.6) is 0 Å². The zero-order valence-corrected chi connectivity index (χ0v) is 13.4. The van der Waals surface area contributed by atoms with Crippen molar-refractivity contribution in [1.82, 2.24) is 24.3 Å². The van der Waals surface area contributed by atoms with Crippen LogP contribution in [0.25, 0.3) is 21.8 Å². The Bertz CT molecular complexity index is 1080. The average Bonchev–Trinajstić information content (AvgIpc) is 3.16. The van der Waals surface area contributed by atoms with Crippen LogP contribution in [0, 0.1) is 0 Å². The van der Waals surface area contributed by atoms with Crippen LogP contribution in [-0.2, 0) is 7.05 Å². The van der Waals surface area contributed by atoms with Gasteiger partial charge in [-0.05, 0) is 19.1 Å². The normalized spacial score (nSPS) is 13.0. The zero-order chi connectivity index (χ0) is 16.1. The molecule has 0 fully saturated rings.